The number of benzene rings is 2. The summed E-state index contributed by atoms with van der Waals surface area (Å²) in [4.78, 5) is 11.8. The van der Waals surface area contributed by atoms with Crippen LogP contribution in [0.1, 0.15) is 6.42 Å². The minimum atomic E-state index is -3.66. The first-order valence-corrected chi connectivity index (χ1v) is 8.91. The van der Waals surface area contributed by atoms with E-state index in [-0.39, 0.29) is 11.3 Å². The van der Waals surface area contributed by atoms with Crippen molar-refractivity contribution in [1.82, 2.24) is 0 Å². The zero-order chi connectivity index (χ0) is 17.0. The zero-order valence-electron chi connectivity index (χ0n) is 11.7. The second-order valence-corrected chi connectivity index (χ2v) is 7.71. The molecule has 0 unspecified atom stereocenters. The summed E-state index contributed by atoms with van der Waals surface area (Å²) in [6.45, 7) is 0. The predicted octanol–water partition coefficient (Wildman–Crippen LogP) is 3.94. The molecule has 23 heavy (non-hydrogen) atoms. The molecular formula is C15H12Cl2FNO3S. The van der Waals surface area contributed by atoms with Gasteiger partial charge in [0.25, 0.3) is 0 Å². The van der Waals surface area contributed by atoms with Gasteiger partial charge in [0.2, 0.25) is 5.91 Å². The van der Waals surface area contributed by atoms with Crippen molar-refractivity contribution in [3.05, 3.63) is 58.3 Å². The molecule has 1 amide bonds. The van der Waals surface area contributed by atoms with E-state index in [4.69, 9.17) is 23.2 Å². The molecule has 0 aliphatic rings. The molecule has 0 spiro atoms. The number of halogens is 3. The van der Waals surface area contributed by atoms with E-state index in [9.17, 15) is 17.6 Å². The maximum atomic E-state index is 12.8. The number of hydrogen-bond donors (Lipinski definition) is 1. The zero-order valence-corrected chi connectivity index (χ0v) is 14.1. The highest BCUT2D eigenvalue weighted by Gasteiger charge is 2.16. The van der Waals surface area contributed by atoms with E-state index in [1.54, 1.807) is 0 Å². The number of hydrogen-bond acceptors (Lipinski definition) is 3. The molecule has 0 aliphatic heterocycles. The van der Waals surface area contributed by atoms with E-state index in [2.05, 4.69) is 5.32 Å². The fraction of sp³-hybridized carbons (Fsp3) is 0.133. The van der Waals surface area contributed by atoms with Gasteiger partial charge in [0, 0.05) is 22.2 Å². The molecule has 8 heteroatoms. The third kappa shape index (κ3) is 5.20. The minimum absolute atomic E-state index is 0.0301. The van der Waals surface area contributed by atoms with Crippen LogP contribution in [-0.4, -0.2) is 20.1 Å². The molecule has 122 valence electrons. The lowest BCUT2D eigenvalue weighted by Crippen LogP contribution is -2.17. The number of amides is 1. The topological polar surface area (TPSA) is 63.2 Å². The first kappa shape index (κ1) is 17.7. The standard InChI is InChI=1S/C15H12Cl2FNO3S/c16-10-7-11(17)9-13(8-10)19-15(20)5-6-23(21,22)14-3-1-12(18)2-4-14/h1-4,7-9H,5-6H2,(H,19,20). The van der Waals surface area contributed by atoms with E-state index >= 15 is 0 Å². The van der Waals surface area contributed by atoms with E-state index in [0.29, 0.717) is 15.7 Å². The molecule has 1 N–H and O–H groups in total. The molecule has 0 heterocycles. The van der Waals surface area contributed by atoms with Crippen molar-refractivity contribution in [1.29, 1.82) is 0 Å². The van der Waals surface area contributed by atoms with Gasteiger partial charge in [0.15, 0.2) is 9.84 Å². The summed E-state index contributed by atoms with van der Waals surface area (Å²) >= 11 is 11.6. The molecule has 2 aromatic rings. The van der Waals surface area contributed by atoms with Crippen LogP contribution in [0.2, 0.25) is 10.0 Å². The summed E-state index contributed by atoms with van der Waals surface area (Å²) < 4.78 is 36.9. The highest BCUT2D eigenvalue weighted by molar-refractivity contribution is 7.91. The third-order valence-corrected chi connectivity index (χ3v) is 5.09. The fourth-order valence-corrected chi connectivity index (χ4v) is 3.60. The van der Waals surface area contributed by atoms with Crippen LogP contribution in [0, 0.1) is 5.82 Å². The Bertz CT molecular complexity index is 803. The number of rotatable bonds is 5. The average Bonchev–Trinajstić information content (AvgIpc) is 2.44. The molecule has 0 aliphatic carbocycles. The van der Waals surface area contributed by atoms with Crippen molar-refractivity contribution in [2.75, 3.05) is 11.1 Å². The smallest absolute Gasteiger partial charge is 0.225 e. The molecule has 0 atom stereocenters. The Morgan fingerprint density at radius 3 is 2.17 bits per heavy atom. The quantitative estimate of drug-likeness (QED) is 0.805. The summed E-state index contributed by atoms with van der Waals surface area (Å²) in [6.07, 6.45) is -0.246. The van der Waals surface area contributed by atoms with Gasteiger partial charge < -0.3 is 5.32 Å². The van der Waals surface area contributed by atoms with Crippen LogP contribution in [0.5, 0.6) is 0 Å². The summed E-state index contributed by atoms with van der Waals surface area (Å²) in [5.74, 6) is -1.41. The van der Waals surface area contributed by atoms with Crippen LogP contribution in [0.4, 0.5) is 10.1 Å². The lowest BCUT2D eigenvalue weighted by atomic mass is 10.3. The fourth-order valence-electron chi connectivity index (χ4n) is 1.84. The van der Waals surface area contributed by atoms with Gasteiger partial charge in [-0.15, -0.1) is 0 Å². The Morgan fingerprint density at radius 2 is 1.61 bits per heavy atom. The number of sulfone groups is 1. The number of carbonyl (C=O) groups excluding carboxylic acids is 1. The maximum Gasteiger partial charge on any atom is 0.225 e. The van der Waals surface area contributed by atoms with Crippen LogP contribution >= 0.6 is 23.2 Å². The Labute approximate surface area is 143 Å². The number of anilines is 1. The monoisotopic (exact) mass is 375 g/mol. The maximum absolute atomic E-state index is 12.8. The second-order valence-electron chi connectivity index (χ2n) is 4.73. The molecule has 0 bridgehead atoms. The van der Waals surface area contributed by atoms with E-state index in [0.717, 1.165) is 12.1 Å². The second kappa shape index (κ2) is 7.29. The van der Waals surface area contributed by atoms with Crippen molar-refractivity contribution in [3.63, 3.8) is 0 Å². The first-order valence-electron chi connectivity index (χ1n) is 6.50. The Kier molecular flexibility index (Phi) is 5.62. The lowest BCUT2D eigenvalue weighted by molar-refractivity contribution is -0.115. The molecule has 0 saturated carbocycles. The number of carbonyl (C=O) groups is 1. The minimum Gasteiger partial charge on any atom is -0.326 e. The van der Waals surface area contributed by atoms with Gasteiger partial charge in [-0.1, -0.05) is 23.2 Å². The SMILES string of the molecule is O=C(CCS(=O)(=O)c1ccc(F)cc1)Nc1cc(Cl)cc(Cl)c1. The van der Waals surface area contributed by atoms with Gasteiger partial charge in [-0.25, -0.2) is 12.8 Å². The molecule has 0 saturated heterocycles. The van der Waals surface area contributed by atoms with Crippen LogP contribution in [0.15, 0.2) is 47.4 Å². The van der Waals surface area contributed by atoms with Crippen molar-refractivity contribution < 1.29 is 17.6 Å². The molecule has 4 nitrogen and oxygen atoms in total. The van der Waals surface area contributed by atoms with Crippen LogP contribution in [0.25, 0.3) is 0 Å². The van der Waals surface area contributed by atoms with E-state index < -0.39 is 27.3 Å². The summed E-state index contributed by atoms with van der Waals surface area (Å²) in [5, 5.41) is 3.23. The van der Waals surface area contributed by atoms with Crippen molar-refractivity contribution >= 4 is 44.6 Å². The Balaban J connectivity index is 1.99. The van der Waals surface area contributed by atoms with Gasteiger partial charge in [0.1, 0.15) is 5.82 Å². The van der Waals surface area contributed by atoms with Crippen molar-refractivity contribution in [2.24, 2.45) is 0 Å². The summed E-state index contributed by atoms with van der Waals surface area (Å²) in [6, 6.07) is 8.96. The Morgan fingerprint density at radius 1 is 1.04 bits per heavy atom. The lowest BCUT2D eigenvalue weighted by Gasteiger charge is -2.07. The molecule has 0 radical (unpaired) electrons. The van der Waals surface area contributed by atoms with Crippen LogP contribution in [0.3, 0.4) is 0 Å². The molecule has 2 aromatic carbocycles. The van der Waals surface area contributed by atoms with E-state index in [1.165, 1.54) is 30.3 Å². The van der Waals surface area contributed by atoms with Crippen LogP contribution in [-0.2, 0) is 14.6 Å². The highest BCUT2D eigenvalue weighted by atomic mass is 35.5. The first-order chi connectivity index (χ1) is 10.8. The van der Waals surface area contributed by atoms with Gasteiger partial charge in [-0.05, 0) is 42.5 Å². The van der Waals surface area contributed by atoms with Crippen molar-refractivity contribution in [3.8, 4) is 0 Å². The average molecular weight is 376 g/mol. The van der Waals surface area contributed by atoms with Gasteiger partial charge in [-0.2, -0.15) is 0 Å². The van der Waals surface area contributed by atoms with Gasteiger partial charge in [-0.3, -0.25) is 4.79 Å². The van der Waals surface area contributed by atoms with Gasteiger partial charge >= 0.3 is 0 Å². The molecule has 0 aromatic heterocycles. The number of nitrogens with one attached hydrogen (secondary N) is 1. The Hall–Kier alpha value is -1.63. The summed E-state index contributed by atoms with van der Waals surface area (Å²) in [5.41, 5.74) is 0.381. The summed E-state index contributed by atoms with van der Waals surface area (Å²) in [7, 11) is -3.66. The molecular weight excluding hydrogens is 364 g/mol. The molecule has 2 rings (SSSR count). The highest BCUT2D eigenvalue weighted by Crippen LogP contribution is 2.22. The predicted molar refractivity (Wildman–Crippen MR) is 88.2 cm³/mol. The largest absolute Gasteiger partial charge is 0.326 e. The molecule has 0 fully saturated rings. The van der Waals surface area contributed by atoms with Gasteiger partial charge in [0.05, 0.1) is 10.6 Å². The normalized spacial score (nSPS) is 11.3. The van der Waals surface area contributed by atoms with Crippen LogP contribution < -0.4 is 5.32 Å². The van der Waals surface area contributed by atoms with E-state index in [1.807, 2.05) is 0 Å². The van der Waals surface area contributed by atoms with Crippen molar-refractivity contribution in [2.45, 2.75) is 11.3 Å². The third-order valence-electron chi connectivity index (χ3n) is 2.92.